The van der Waals surface area contributed by atoms with E-state index in [2.05, 4.69) is 58.3 Å². The van der Waals surface area contributed by atoms with E-state index in [1.165, 1.54) is 36.0 Å². The number of Topliss-reactive ketones (excluding diaryl/α,β-unsaturated/α-hetero) is 1. The summed E-state index contributed by atoms with van der Waals surface area (Å²) in [6.07, 6.45) is 6.67. The van der Waals surface area contributed by atoms with Crippen LogP contribution in [0, 0.1) is 0 Å². The van der Waals surface area contributed by atoms with E-state index in [0.29, 0.717) is 12.2 Å². The molecule has 0 aromatic heterocycles. The molecular weight excluding hydrogens is 344 g/mol. The van der Waals surface area contributed by atoms with Crippen molar-refractivity contribution < 1.29 is 4.79 Å². The van der Waals surface area contributed by atoms with Gasteiger partial charge in [-0.15, -0.1) is 0 Å². The maximum atomic E-state index is 12.7. The Hall–Kier alpha value is -1.97. The summed E-state index contributed by atoms with van der Waals surface area (Å²) >= 11 is 0. The van der Waals surface area contributed by atoms with E-state index in [1.54, 1.807) is 0 Å². The molecule has 3 heteroatoms. The third-order valence-corrected chi connectivity index (χ3v) is 6.28. The van der Waals surface area contributed by atoms with Crippen LogP contribution in [0.15, 0.2) is 48.5 Å². The van der Waals surface area contributed by atoms with Gasteiger partial charge in [0.1, 0.15) is 0 Å². The molecule has 28 heavy (non-hydrogen) atoms. The number of rotatable bonds is 6. The maximum Gasteiger partial charge on any atom is 0.164 e. The van der Waals surface area contributed by atoms with E-state index in [0.717, 1.165) is 57.7 Å². The minimum Gasteiger partial charge on any atom is -0.303 e. The average molecular weight is 377 g/mol. The fourth-order valence-electron chi connectivity index (χ4n) is 4.53. The number of ketones is 1. The molecule has 2 aromatic carbocycles. The Morgan fingerprint density at radius 3 is 2.32 bits per heavy atom. The van der Waals surface area contributed by atoms with E-state index >= 15 is 0 Å². The third-order valence-electron chi connectivity index (χ3n) is 6.28. The molecule has 3 nitrogen and oxygen atoms in total. The molecule has 1 saturated heterocycles. The normalized spacial score (nSPS) is 18.4. The Kier molecular flexibility index (Phi) is 6.56. The first-order valence-corrected chi connectivity index (χ1v) is 10.9. The van der Waals surface area contributed by atoms with Gasteiger partial charge < -0.3 is 4.90 Å². The van der Waals surface area contributed by atoms with Gasteiger partial charge in [0.05, 0.1) is 0 Å². The summed E-state index contributed by atoms with van der Waals surface area (Å²) in [6.45, 7) is 6.40. The summed E-state index contributed by atoms with van der Waals surface area (Å²) in [4.78, 5) is 17.7. The van der Waals surface area contributed by atoms with Crippen molar-refractivity contribution in [2.75, 3.05) is 32.7 Å². The van der Waals surface area contributed by atoms with Crippen LogP contribution in [-0.4, -0.2) is 48.3 Å². The molecule has 0 bridgehead atoms. The van der Waals surface area contributed by atoms with E-state index in [9.17, 15) is 4.79 Å². The van der Waals surface area contributed by atoms with Crippen LogP contribution in [0.25, 0.3) is 0 Å². The first kappa shape index (κ1) is 19.4. The van der Waals surface area contributed by atoms with E-state index in [1.807, 2.05) is 0 Å². The summed E-state index contributed by atoms with van der Waals surface area (Å²) < 4.78 is 0. The number of carbonyl (C=O) groups is 1. The van der Waals surface area contributed by atoms with Gasteiger partial charge in [-0.1, -0.05) is 48.9 Å². The standard InChI is InChI=1S/C25H32N2O/c28-25(13-18-26-14-5-2-6-15-26)24-10-9-22-11-16-27(17-12-23(22)19-24)20-21-7-3-1-4-8-21/h1,3-4,7-10,19H,2,5-6,11-18,20H2. The van der Waals surface area contributed by atoms with E-state index in [4.69, 9.17) is 0 Å². The molecule has 0 N–H and O–H groups in total. The van der Waals surface area contributed by atoms with Crippen molar-refractivity contribution in [3.8, 4) is 0 Å². The van der Waals surface area contributed by atoms with Crippen LogP contribution in [0.2, 0.25) is 0 Å². The van der Waals surface area contributed by atoms with Gasteiger partial charge in [-0.25, -0.2) is 0 Å². The van der Waals surface area contributed by atoms with Crippen molar-refractivity contribution in [2.24, 2.45) is 0 Å². The van der Waals surface area contributed by atoms with Crippen molar-refractivity contribution in [3.05, 3.63) is 70.8 Å². The molecule has 4 rings (SSSR count). The number of hydrogen-bond donors (Lipinski definition) is 0. The Morgan fingerprint density at radius 2 is 1.54 bits per heavy atom. The lowest BCUT2D eigenvalue weighted by atomic mass is 9.97. The predicted molar refractivity (Wildman–Crippen MR) is 115 cm³/mol. The van der Waals surface area contributed by atoms with Crippen LogP contribution in [0.4, 0.5) is 0 Å². The van der Waals surface area contributed by atoms with Crippen molar-refractivity contribution in [3.63, 3.8) is 0 Å². The zero-order valence-corrected chi connectivity index (χ0v) is 16.9. The second kappa shape index (κ2) is 9.49. The quantitative estimate of drug-likeness (QED) is 0.701. The zero-order chi connectivity index (χ0) is 19.2. The Balaban J connectivity index is 1.34. The first-order valence-electron chi connectivity index (χ1n) is 10.9. The number of nitrogens with zero attached hydrogens (tertiary/aromatic N) is 2. The fourth-order valence-corrected chi connectivity index (χ4v) is 4.53. The summed E-state index contributed by atoms with van der Waals surface area (Å²) in [5, 5.41) is 0. The highest BCUT2D eigenvalue weighted by Gasteiger charge is 2.17. The number of carbonyl (C=O) groups excluding carboxylic acids is 1. The molecule has 0 amide bonds. The first-order chi connectivity index (χ1) is 13.8. The monoisotopic (exact) mass is 376 g/mol. The SMILES string of the molecule is O=C(CCN1CCCCC1)c1ccc2c(c1)CCN(Cc1ccccc1)CC2. The van der Waals surface area contributed by atoms with E-state index in [-0.39, 0.29) is 0 Å². The summed E-state index contributed by atoms with van der Waals surface area (Å²) in [5.74, 6) is 0.304. The highest BCUT2D eigenvalue weighted by molar-refractivity contribution is 5.96. The minimum atomic E-state index is 0.304. The molecular formula is C25H32N2O. The second-order valence-corrected chi connectivity index (χ2v) is 8.32. The van der Waals surface area contributed by atoms with Crippen LogP contribution >= 0.6 is 0 Å². The van der Waals surface area contributed by atoms with Crippen molar-refractivity contribution in [2.45, 2.75) is 45.1 Å². The number of benzene rings is 2. The Morgan fingerprint density at radius 1 is 0.786 bits per heavy atom. The summed E-state index contributed by atoms with van der Waals surface area (Å²) in [7, 11) is 0. The summed E-state index contributed by atoms with van der Waals surface area (Å²) in [5.41, 5.74) is 5.08. The lowest BCUT2D eigenvalue weighted by Gasteiger charge is -2.26. The van der Waals surface area contributed by atoms with Crippen molar-refractivity contribution in [1.29, 1.82) is 0 Å². The van der Waals surface area contributed by atoms with Gasteiger partial charge in [0.15, 0.2) is 5.78 Å². The smallest absolute Gasteiger partial charge is 0.164 e. The van der Waals surface area contributed by atoms with E-state index < -0.39 is 0 Å². The van der Waals surface area contributed by atoms with Crippen LogP contribution in [0.3, 0.4) is 0 Å². The van der Waals surface area contributed by atoms with Gasteiger partial charge in [-0.05, 0) is 61.5 Å². The largest absolute Gasteiger partial charge is 0.303 e. The predicted octanol–water partition coefficient (Wildman–Crippen LogP) is 4.35. The van der Waals surface area contributed by atoms with Gasteiger partial charge in [0, 0.05) is 38.2 Å². The second-order valence-electron chi connectivity index (χ2n) is 8.32. The van der Waals surface area contributed by atoms with Crippen molar-refractivity contribution >= 4 is 5.78 Å². The number of likely N-dealkylation sites (tertiary alicyclic amines) is 1. The number of fused-ring (bicyclic) bond motifs is 1. The van der Waals surface area contributed by atoms with Gasteiger partial charge in [0.25, 0.3) is 0 Å². The average Bonchev–Trinajstić information content (AvgIpc) is 2.95. The lowest BCUT2D eigenvalue weighted by molar-refractivity contribution is 0.0958. The number of piperidine rings is 1. The molecule has 0 radical (unpaired) electrons. The fraction of sp³-hybridized carbons (Fsp3) is 0.480. The highest BCUT2D eigenvalue weighted by Crippen LogP contribution is 2.20. The van der Waals surface area contributed by atoms with Gasteiger partial charge in [-0.3, -0.25) is 9.69 Å². The van der Waals surface area contributed by atoms with Gasteiger partial charge in [-0.2, -0.15) is 0 Å². The van der Waals surface area contributed by atoms with Crippen LogP contribution in [-0.2, 0) is 19.4 Å². The molecule has 0 atom stereocenters. The molecule has 148 valence electrons. The third kappa shape index (κ3) is 5.09. The number of hydrogen-bond acceptors (Lipinski definition) is 3. The molecule has 0 unspecified atom stereocenters. The molecule has 2 aliphatic rings. The molecule has 0 saturated carbocycles. The zero-order valence-electron chi connectivity index (χ0n) is 16.9. The maximum absolute atomic E-state index is 12.7. The topological polar surface area (TPSA) is 23.6 Å². The molecule has 0 spiro atoms. The van der Waals surface area contributed by atoms with Crippen molar-refractivity contribution in [1.82, 2.24) is 9.80 Å². The van der Waals surface area contributed by atoms with Gasteiger partial charge >= 0.3 is 0 Å². The van der Waals surface area contributed by atoms with Crippen LogP contribution < -0.4 is 0 Å². The highest BCUT2D eigenvalue weighted by atomic mass is 16.1. The van der Waals surface area contributed by atoms with Gasteiger partial charge in [0.2, 0.25) is 0 Å². The van der Waals surface area contributed by atoms with Crippen LogP contribution in [0.5, 0.6) is 0 Å². The summed E-state index contributed by atoms with van der Waals surface area (Å²) in [6, 6.07) is 17.2. The molecule has 2 aliphatic heterocycles. The van der Waals surface area contributed by atoms with Crippen LogP contribution in [0.1, 0.15) is 52.7 Å². The minimum absolute atomic E-state index is 0.304. The molecule has 1 fully saturated rings. The molecule has 0 aliphatic carbocycles. The molecule has 2 heterocycles. The Labute approximate surface area is 169 Å². The Bertz CT molecular complexity index is 780. The lowest BCUT2D eigenvalue weighted by Crippen LogP contribution is -2.31. The molecule has 2 aromatic rings.